The molecule has 2 heterocycles. The van der Waals surface area contributed by atoms with Gasteiger partial charge in [0.1, 0.15) is 5.60 Å². The summed E-state index contributed by atoms with van der Waals surface area (Å²) in [6.45, 7) is 9.21. The molecule has 1 aromatic heterocycles. The van der Waals surface area contributed by atoms with E-state index in [2.05, 4.69) is 9.97 Å². The van der Waals surface area contributed by atoms with Gasteiger partial charge >= 0.3 is 6.09 Å². The topological polar surface area (TPSA) is 73.8 Å². The van der Waals surface area contributed by atoms with E-state index in [0.29, 0.717) is 31.4 Å². The fraction of sp³-hybridized carbons (Fsp3) is 0.591. The van der Waals surface area contributed by atoms with Gasteiger partial charge in [0.15, 0.2) is 0 Å². The Morgan fingerprint density at radius 3 is 2.38 bits per heavy atom. The molecule has 1 saturated heterocycles. The maximum atomic E-state index is 12.6. The van der Waals surface area contributed by atoms with Crippen molar-refractivity contribution in [3.63, 3.8) is 0 Å². The van der Waals surface area contributed by atoms with Crippen molar-refractivity contribution in [2.45, 2.75) is 65.0 Å². The molecule has 1 atom stereocenters. The molecule has 2 aromatic rings. The predicted octanol–water partition coefficient (Wildman–Crippen LogP) is 4.59. The average Bonchev–Trinajstić information content (AvgIpc) is 2.67. The van der Waals surface area contributed by atoms with E-state index in [4.69, 9.17) is 14.2 Å². The van der Waals surface area contributed by atoms with E-state index < -0.39 is 5.60 Å². The number of carbonyl (C=O) groups excluding carboxylic acids is 1. The van der Waals surface area contributed by atoms with E-state index >= 15 is 0 Å². The molecule has 0 spiro atoms. The monoisotopic (exact) mass is 401 g/mol. The summed E-state index contributed by atoms with van der Waals surface area (Å²) in [5.74, 6) is 0.795. The first kappa shape index (κ1) is 21.1. The van der Waals surface area contributed by atoms with Crippen LogP contribution in [-0.4, -0.2) is 52.4 Å². The summed E-state index contributed by atoms with van der Waals surface area (Å²) in [6, 6.07) is 7.73. The lowest BCUT2D eigenvalue weighted by atomic mass is 10.0. The van der Waals surface area contributed by atoms with Gasteiger partial charge < -0.3 is 19.1 Å². The van der Waals surface area contributed by atoms with Crippen LogP contribution >= 0.6 is 0 Å². The molecule has 3 rings (SSSR count). The van der Waals surface area contributed by atoms with Gasteiger partial charge in [0.2, 0.25) is 0 Å². The third kappa shape index (κ3) is 5.71. The fourth-order valence-corrected chi connectivity index (χ4v) is 3.45. The molecule has 0 bridgehead atoms. The van der Waals surface area contributed by atoms with Gasteiger partial charge in [0, 0.05) is 19.0 Å². The average molecular weight is 402 g/mol. The maximum Gasteiger partial charge on any atom is 0.410 e. The first-order valence-corrected chi connectivity index (χ1v) is 10.4. The van der Waals surface area contributed by atoms with Gasteiger partial charge in [0.25, 0.3) is 11.8 Å². The molecule has 0 saturated carbocycles. The zero-order valence-corrected chi connectivity index (χ0v) is 17.8. The van der Waals surface area contributed by atoms with Gasteiger partial charge in [-0.3, -0.25) is 0 Å². The van der Waals surface area contributed by atoms with Crippen LogP contribution in [0.3, 0.4) is 0 Å². The number of piperidine rings is 1. The first-order valence-electron chi connectivity index (χ1n) is 10.4. The second kappa shape index (κ2) is 9.29. The summed E-state index contributed by atoms with van der Waals surface area (Å²) >= 11 is 0. The van der Waals surface area contributed by atoms with Crippen LogP contribution in [0.2, 0.25) is 0 Å². The highest BCUT2D eigenvalue weighted by molar-refractivity contribution is 5.75. The summed E-state index contributed by atoms with van der Waals surface area (Å²) in [5.41, 5.74) is 1.04. The predicted molar refractivity (Wildman–Crippen MR) is 111 cm³/mol. The maximum absolute atomic E-state index is 12.6. The summed E-state index contributed by atoms with van der Waals surface area (Å²) in [5, 5.41) is 0. The number of aromatic nitrogens is 2. The molecule has 29 heavy (non-hydrogen) atoms. The highest BCUT2D eigenvalue weighted by Crippen LogP contribution is 2.27. The molecule has 0 aliphatic carbocycles. The number of hydrogen-bond acceptors (Lipinski definition) is 6. The van der Waals surface area contributed by atoms with Gasteiger partial charge in [-0.2, -0.15) is 0 Å². The Balaban J connectivity index is 1.66. The second-order valence-corrected chi connectivity index (χ2v) is 8.22. The number of ether oxygens (including phenoxy) is 3. The van der Waals surface area contributed by atoms with Crippen molar-refractivity contribution in [1.82, 2.24) is 14.9 Å². The van der Waals surface area contributed by atoms with Gasteiger partial charge in [-0.25, -0.2) is 14.8 Å². The Morgan fingerprint density at radius 2 is 1.76 bits per heavy atom. The lowest BCUT2D eigenvalue weighted by Gasteiger charge is -2.36. The van der Waals surface area contributed by atoms with Crippen LogP contribution < -0.4 is 9.47 Å². The van der Waals surface area contributed by atoms with E-state index in [0.717, 1.165) is 36.8 Å². The molecule has 1 aliphatic rings. The first-order chi connectivity index (χ1) is 13.9. The quantitative estimate of drug-likeness (QED) is 0.705. The molecule has 1 amide bonds. The van der Waals surface area contributed by atoms with Crippen molar-refractivity contribution in [2.75, 3.05) is 19.8 Å². The minimum absolute atomic E-state index is 0.0996. The van der Waals surface area contributed by atoms with Crippen molar-refractivity contribution >= 4 is 17.1 Å². The number of fused-ring (bicyclic) bond motifs is 1. The number of nitrogens with zero attached hydrogens (tertiary/aromatic N) is 3. The summed E-state index contributed by atoms with van der Waals surface area (Å²) in [4.78, 5) is 23.5. The third-order valence-corrected chi connectivity index (χ3v) is 4.73. The van der Waals surface area contributed by atoms with Gasteiger partial charge in [-0.1, -0.05) is 12.1 Å². The smallest absolute Gasteiger partial charge is 0.410 e. The van der Waals surface area contributed by atoms with Crippen LogP contribution in [-0.2, 0) is 4.74 Å². The van der Waals surface area contributed by atoms with Crippen molar-refractivity contribution in [3.8, 4) is 11.8 Å². The molecule has 0 N–H and O–H groups in total. The molecule has 7 nitrogen and oxygen atoms in total. The van der Waals surface area contributed by atoms with E-state index in [1.807, 2.05) is 56.9 Å². The Labute approximate surface area is 172 Å². The van der Waals surface area contributed by atoms with Gasteiger partial charge in [-0.15, -0.1) is 0 Å². The van der Waals surface area contributed by atoms with Crippen LogP contribution in [0, 0.1) is 0 Å². The summed E-state index contributed by atoms with van der Waals surface area (Å²) < 4.78 is 17.1. The SMILES string of the molecule is CCOc1nc2ccccc2nc1OCC[C@H]1CCCCN1C(=O)OC(C)(C)C. The highest BCUT2D eigenvalue weighted by atomic mass is 16.6. The fourth-order valence-electron chi connectivity index (χ4n) is 3.45. The van der Waals surface area contributed by atoms with Crippen LogP contribution in [0.15, 0.2) is 24.3 Å². The lowest BCUT2D eigenvalue weighted by molar-refractivity contribution is 0.00732. The molecule has 0 unspecified atom stereocenters. The number of hydrogen-bond donors (Lipinski definition) is 0. The normalized spacial score (nSPS) is 17.2. The van der Waals surface area contributed by atoms with E-state index in [9.17, 15) is 4.79 Å². The Bertz CT molecular complexity index is 834. The minimum Gasteiger partial charge on any atom is -0.474 e. The summed E-state index contributed by atoms with van der Waals surface area (Å²) in [7, 11) is 0. The van der Waals surface area contributed by atoms with Crippen LogP contribution in [0.4, 0.5) is 4.79 Å². The Morgan fingerprint density at radius 1 is 1.10 bits per heavy atom. The Hall–Kier alpha value is -2.57. The van der Waals surface area contributed by atoms with Gasteiger partial charge in [0.05, 0.1) is 24.2 Å². The van der Waals surface area contributed by atoms with Crippen LogP contribution in [0.1, 0.15) is 53.4 Å². The van der Waals surface area contributed by atoms with Crippen LogP contribution in [0.5, 0.6) is 11.8 Å². The number of benzene rings is 1. The van der Waals surface area contributed by atoms with Crippen molar-refractivity contribution < 1.29 is 19.0 Å². The zero-order chi connectivity index (χ0) is 20.9. The molecule has 158 valence electrons. The van der Waals surface area contributed by atoms with Gasteiger partial charge in [-0.05, 0) is 59.1 Å². The number of rotatable bonds is 6. The molecular weight excluding hydrogens is 370 g/mol. The van der Waals surface area contributed by atoms with E-state index in [1.54, 1.807) is 0 Å². The number of likely N-dealkylation sites (tertiary alicyclic amines) is 1. The largest absolute Gasteiger partial charge is 0.474 e. The molecular formula is C22H31N3O4. The highest BCUT2D eigenvalue weighted by Gasteiger charge is 2.30. The Kier molecular flexibility index (Phi) is 6.77. The second-order valence-electron chi connectivity index (χ2n) is 8.22. The molecule has 7 heteroatoms. The van der Waals surface area contributed by atoms with Crippen molar-refractivity contribution in [3.05, 3.63) is 24.3 Å². The van der Waals surface area contributed by atoms with Crippen molar-refractivity contribution in [2.24, 2.45) is 0 Å². The molecule has 1 aliphatic heterocycles. The summed E-state index contributed by atoms with van der Waals surface area (Å²) in [6.07, 6.45) is 3.51. The molecule has 1 fully saturated rings. The third-order valence-electron chi connectivity index (χ3n) is 4.73. The van der Waals surface area contributed by atoms with E-state index in [1.165, 1.54) is 0 Å². The van der Waals surface area contributed by atoms with Crippen LogP contribution in [0.25, 0.3) is 11.0 Å². The zero-order valence-electron chi connectivity index (χ0n) is 17.8. The van der Waals surface area contributed by atoms with Crippen molar-refractivity contribution in [1.29, 1.82) is 0 Å². The lowest BCUT2D eigenvalue weighted by Crippen LogP contribution is -2.46. The minimum atomic E-state index is -0.497. The number of carbonyl (C=O) groups is 1. The van der Waals surface area contributed by atoms with E-state index in [-0.39, 0.29) is 12.1 Å². The molecule has 0 radical (unpaired) electrons. The number of para-hydroxylation sites is 2. The molecule has 1 aromatic carbocycles. The standard InChI is InChI=1S/C22H31N3O4/c1-5-27-19-20(24-18-12-7-6-11-17(18)23-19)28-15-13-16-10-8-9-14-25(16)21(26)29-22(2,3)4/h6-7,11-12,16H,5,8-10,13-15H2,1-4H3/t16-/m1/s1. The number of amides is 1.